The highest BCUT2D eigenvalue weighted by atomic mass is 19.4. The summed E-state index contributed by atoms with van der Waals surface area (Å²) in [5.41, 5.74) is 0.381. The minimum atomic E-state index is -4.48. The van der Waals surface area contributed by atoms with E-state index >= 15 is 0 Å². The Labute approximate surface area is 173 Å². The average molecular weight is 419 g/mol. The summed E-state index contributed by atoms with van der Waals surface area (Å²) < 4.78 is 39.5. The van der Waals surface area contributed by atoms with Crippen LogP contribution in [-0.2, 0) is 15.8 Å². The van der Waals surface area contributed by atoms with Gasteiger partial charge in [-0.1, -0.05) is 30.3 Å². The Morgan fingerprint density at radius 3 is 2.53 bits per heavy atom. The molecule has 1 fully saturated rings. The Kier molecular flexibility index (Phi) is 6.64. The molecule has 0 aliphatic carbocycles. The summed E-state index contributed by atoms with van der Waals surface area (Å²) in [6, 6.07) is 13.5. The van der Waals surface area contributed by atoms with Crippen molar-refractivity contribution < 1.29 is 22.8 Å². The first-order chi connectivity index (χ1) is 14.2. The zero-order valence-electron chi connectivity index (χ0n) is 16.7. The normalized spacial score (nSPS) is 15.2. The van der Waals surface area contributed by atoms with Crippen LogP contribution in [-0.4, -0.2) is 43.4 Å². The van der Waals surface area contributed by atoms with Gasteiger partial charge in [-0.05, 0) is 36.2 Å². The van der Waals surface area contributed by atoms with Gasteiger partial charge in [0.25, 0.3) is 0 Å². The van der Waals surface area contributed by atoms with Gasteiger partial charge in [0.05, 0.1) is 18.2 Å². The number of alkyl halides is 3. The van der Waals surface area contributed by atoms with Crippen LogP contribution in [0.2, 0.25) is 0 Å². The SMILES string of the molecule is CN(CC(=O)N[C@@H](CN1CCCC1=O)c1cccc(C(F)(F)F)c1)c1ccccc1. The molecule has 2 aromatic rings. The van der Waals surface area contributed by atoms with Crippen LogP contribution in [0.1, 0.15) is 30.0 Å². The van der Waals surface area contributed by atoms with E-state index in [0.717, 1.165) is 17.8 Å². The molecule has 5 nitrogen and oxygen atoms in total. The largest absolute Gasteiger partial charge is 0.416 e. The van der Waals surface area contributed by atoms with Crippen molar-refractivity contribution in [2.75, 3.05) is 31.6 Å². The van der Waals surface area contributed by atoms with E-state index < -0.39 is 17.8 Å². The van der Waals surface area contributed by atoms with Crippen molar-refractivity contribution >= 4 is 17.5 Å². The molecule has 8 heteroatoms. The zero-order chi connectivity index (χ0) is 21.7. The highest BCUT2D eigenvalue weighted by Gasteiger charge is 2.32. The van der Waals surface area contributed by atoms with Crippen molar-refractivity contribution in [3.05, 3.63) is 65.7 Å². The molecule has 1 aliphatic rings. The number of para-hydroxylation sites is 1. The minimum Gasteiger partial charge on any atom is -0.365 e. The Bertz CT molecular complexity index is 887. The van der Waals surface area contributed by atoms with E-state index in [0.29, 0.717) is 24.9 Å². The van der Waals surface area contributed by atoms with E-state index in [4.69, 9.17) is 0 Å². The van der Waals surface area contributed by atoms with E-state index in [1.54, 1.807) is 22.9 Å². The standard InChI is InChI=1S/C22H24F3N3O2/c1-27(18-9-3-2-4-10-18)15-20(29)26-19(14-28-12-6-11-21(28)30)16-7-5-8-17(13-16)22(23,24)25/h2-5,7-10,13,19H,6,11-12,14-15H2,1H3,(H,26,29)/t19-/m0/s1. The summed E-state index contributed by atoms with van der Waals surface area (Å²) in [7, 11) is 1.76. The van der Waals surface area contributed by atoms with Crippen molar-refractivity contribution in [2.24, 2.45) is 0 Å². The number of rotatable bonds is 7. The molecule has 0 unspecified atom stereocenters. The number of benzene rings is 2. The number of carbonyl (C=O) groups is 2. The number of carbonyl (C=O) groups excluding carboxylic acids is 2. The molecule has 30 heavy (non-hydrogen) atoms. The van der Waals surface area contributed by atoms with E-state index in [-0.39, 0.29) is 24.9 Å². The molecule has 0 bridgehead atoms. The lowest BCUT2D eigenvalue weighted by atomic mass is 10.0. The van der Waals surface area contributed by atoms with Gasteiger partial charge in [0.15, 0.2) is 0 Å². The van der Waals surface area contributed by atoms with Crippen LogP contribution >= 0.6 is 0 Å². The average Bonchev–Trinajstić information content (AvgIpc) is 3.12. The Morgan fingerprint density at radius 2 is 1.90 bits per heavy atom. The van der Waals surface area contributed by atoms with Gasteiger partial charge in [0.2, 0.25) is 11.8 Å². The predicted octanol–water partition coefficient (Wildman–Crippen LogP) is 3.62. The summed E-state index contributed by atoms with van der Waals surface area (Å²) in [6.45, 7) is 0.711. The molecular weight excluding hydrogens is 395 g/mol. The van der Waals surface area contributed by atoms with Gasteiger partial charge in [-0.15, -0.1) is 0 Å². The number of likely N-dealkylation sites (tertiary alicyclic amines) is 1. The Balaban J connectivity index is 1.77. The highest BCUT2D eigenvalue weighted by Crippen LogP contribution is 2.31. The second-order valence-corrected chi connectivity index (χ2v) is 7.38. The van der Waals surface area contributed by atoms with Crippen LogP contribution in [0.3, 0.4) is 0 Å². The third-order valence-corrected chi connectivity index (χ3v) is 5.10. The quantitative estimate of drug-likeness (QED) is 0.746. The topological polar surface area (TPSA) is 52.7 Å². The highest BCUT2D eigenvalue weighted by molar-refractivity contribution is 5.82. The third-order valence-electron chi connectivity index (χ3n) is 5.10. The Hall–Kier alpha value is -3.03. The molecule has 1 N–H and O–H groups in total. The van der Waals surface area contributed by atoms with Crippen LogP contribution in [0.5, 0.6) is 0 Å². The molecule has 2 amide bonds. The lowest BCUT2D eigenvalue weighted by Crippen LogP contribution is -2.42. The molecule has 0 spiro atoms. The molecule has 2 aromatic carbocycles. The number of anilines is 1. The number of hydrogen-bond donors (Lipinski definition) is 1. The summed E-state index contributed by atoms with van der Waals surface area (Å²) in [5.74, 6) is -0.391. The molecule has 1 heterocycles. The van der Waals surface area contributed by atoms with Crippen LogP contribution < -0.4 is 10.2 Å². The van der Waals surface area contributed by atoms with E-state index in [9.17, 15) is 22.8 Å². The second-order valence-electron chi connectivity index (χ2n) is 7.38. The molecular formula is C22H24F3N3O2. The van der Waals surface area contributed by atoms with Gasteiger partial charge < -0.3 is 15.1 Å². The van der Waals surface area contributed by atoms with Crippen molar-refractivity contribution in [2.45, 2.75) is 25.1 Å². The third kappa shape index (κ3) is 5.52. The molecule has 160 valence electrons. The molecule has 0 radical (unpaired) electrons. The van der Waals surface area contributed by atoms with Crippen LogP contribution in [0.4, 0.5) is 18.9 Å². The van der Waals surface area contributed by atoms with Gasteiger partial charge in [-0.3, -0.25) is 9.59 Å². The van der Waals surface area contributed by atoms with E-state index in [1.165, 1.54) is 6.07 Å². The molecule has 1 atom stereocenters. The molecule has 3 rings (SSSR count). The minimum absolute atomic E-state index is 0.0351. The first-order valence-corrected chi connectivity index (χ1v) is 9.74. The maximum atomic E-state index is 13.2. The van der Waals surface area contributed by atoms with Gasteiger partial charge in [0, 0.05) is 32.2 Å². The van der Waals surface area contributed by atoms with Crippen LogP contribution in [0.25, 0.3) is 0 Å². The van der Waals surface area contributed by atoms with Crippen molar-refractivity contribution in [1.29, 1.82) is 0 Å². The number of halogens is 3. The Morgan fingerprint density at radius 1 is 1.17 bits per heavy atom. The summed E-state index contributed by atoms with van der Waals surface area (Å²) in [4.78, 5) is 28.0. The summed E-state index contributed by atoms with van der Waals surface area (Å²) in [5, 5.41) is 2.82. The maximum absolute atomic E-state index is 13.2. The monoisotopic (exact) mass is 419 g/mol. The number of likely N-dealkylation sites (N-methyl/N-ethyl adjacent to an activating group) is 1. The van der Waals surface area contributed by atoms with Gasteiger partial charge in [0.1, 0.15) is 0 Å². The summed E-state index contributed by atoms with van der Waals surface area (Å²) in [6.07, 6.45) is -3.36. The predicted molar refractivity (Wildman–Crippen MR) is 108 cm³/mol. The number of nitrogens with zero attached hydrogens (tertiary/aromatic N) is 2. The van der Waals surface area contributed by atoms with Crippen LogP contribution in [0.15, 0.2) is 54.6 Å². The fourth-order valence-corrected chi connectivity index (χ4v) is 3.51. The zero-order valence-corrected chi connectivity index (χ0v) is 16.7. The number of hydrogen-bond acceptors (Lipinski definition) is 3. The molecule has 1 saturated heterocycles. The second kappa shape index (κ2) is 9.19. The van der Waals surface area contributed by atoms with E-state index in [1.807, 2.05) is 30.3 Å². The fourth-order valence-electron chi connectivity index (χ4n) is 3.51. The molecule has 0 aromatic heterocycles. The van der Waals surface area contributed by atoms with E-state index in [2.05, 4.69) is 5.32 Å². The van der Waals surface area contributed by atoms with Gasteiger partial charge in [-0.2, -0.15) is 13.2 Å². The van der Waals surface area contributed by atoms with Crippen molar-refractivity contribution in [3.8, 4) is 0 Å². The van der Waals surface area contributed by atoms with Crippen LogP contribution in [0, 0.1) is 0 Å². The van der Waals surface area contributed by atoms with Gasteiger partial charge in [-0.25, -0.2) is 0 Å². The van der Waals surface area contributed by atoms with Gasteiger partial charge >= 0.3 is 6.18 Å². The fraction of sp³-hybridized carbons (Fsp3) is 0.364. The maximum Gasteiger partial charge on any atom is 0.416 e. The van der Waals surface area contributed by atoms with Crippen molar-refractivity contribution in [1.82, 2.24) is 10.2 Å². The number of nitrogens with one attached hydrogen (secondary N) is 1. The van der Waals surface area contributed by atoms with Crippen molar-refractivity contribution in [3.63, 3.8) is 0 Å². The smallest absolute Gasteiger partial charge is 0.365 e. The lowest BCUT2D eigenvalue weighted by Gasteiger charge is -2.27. The number of amides is 2. The summed E-state index contributed by atoms with van der Waals surface area (Å²) >= 11 is 0. The molecule has 0 saturated carbocycles. The first kappa shape index (κ1) is 21.7. The molecule has 1 aliphatic heterocycles. The first-order valence-electron chi connectivity index (χ1n) is 9.74. The lowest BCUT2D eigenvalue weighted by molar-refractivity contribution is -0.137.